The lowest BCUT2D eigenvalue weighted by Crippen LogP contribution is -2.65. The minimum absolute atomic E-state index is 0.130. The van der Waals surface area contributed by atoms with Crippen molar-refractivity contribution in [3.05, 3.63) is 23.3 Å². The number of hydrogen-bond donors (Lipinski definition) is 1. The first-order valence-electron chi connectivity index (χ1n) is 7.92. The number of carbonyl (C=O) groups is 2. The molecule has 114 valence electrons. The van der Waals surface area contributed by atoms with Gasteiger partial charge in [0.2, 0.25) is 6.41 Å². The predicted molar refractivity (Wildman–Crippen MR) is 76.8 cm³/mol. The number of likely N-dealkylation sites (tertiary alicyclic amines) is 1. The molecule has 1 spiro atoms. The summed E-state index contributed by atoms with van der Waals surface area (Å²) in [5.74, 6) is 1.04. The normalized spacial score (nSPS) is 37.5. The number of amides is 1. The Morgan fingerprint density at radius 3 is 3.09 bits per heavy atom. The molecule has 1 aromatic carbocycles. The number of Topliss-reactive ketones (excluding diaryl/α,β-unsaturated/α-hetero) is 1. The quantitative estimate of drug-likeness (QED) is 0.790. The van der Waals surface area contributed by atoms with Gasteiger partial charge in [-0.15, -0.1) is 0 Å². The molecule has 2 aliphatic carbocycles. The van der Waals surface area contributed by atoms with E-state index in [2.05, 4.69) is 0 Å². The van der Waals surface area contributed by atoms with Gasteiger partial charge in [0.25, 0.3) is 0 Å². The Kier molecular flexibility index (Phi) is 2.18. The van der Waals surface area contributed by atoms with Crippen LogP contribution < -0.4 is 4.74 Å². The van der Waals surface area contributed by atoms with Crippen molar-refractivity contribution in [3.8, 4) is 11.5 Å². The number of benzene rings is 1. The minimum Gasteiger partial charge on any atom is -0.504 e. The highest BCUT2D eigenvalue weighted by Gasteiger charge is 2.65. The Labute approximate surface area is 127 Å². The van der Waals surface area contributed by atoms with Crippen LogP contribution in [0, 0.1) is 5.92 Å². The fourth-order valence-electron chi connectivity index (χ4n) is 5.49. The fourth-order valence-corrected chi connectivity index (χ4v) is 5.49. The molecule has 2 heterocycles. The second-order valence-electron chi connectivity index (χ2n) is 6.96. The molecule has 1 amide bonds. The van der Waals surface area contributed by atoms with Crippen molar-refractivity contribution in [1.29, 1.82) is 0 Å². The van der Waals surface area contributed by atoms with Crippen LogP contribution in [-0.4, -0.2) is 40.9 Å². The van der Waals surface area contributed by atoms with Crippen LogP contribution in [0.4, 0.5) is 0 Å². The Morgan fingerprint density at radius 2 is 2.27 bits per heavy atom. The molecule has 22 heavy (non-hydrogen) atoms. The molecule has 1 N–H and O–H groups in total. The second-order valence-corrected chi connectivity index (χ2v) is 6.96. The molecule has 0 aromatic heterocycles. The lowest BCUT2D eigenvalue weighted by atomic mass is 9.52. The van der Waals surface area contributed by atoms with Gasteiger partial charge >= 0.3 is 0 Å². The van der Waals surface area contributed by atoms with Crippen molar-refractivity contribution >= 4 is 12.2 Å². The van der Waals surface area contributed by atoms with Gasteiger partial charge in [-0.2, -0.15) is 0 Å². The molecular formula is C17H17NO4. The lowest BCUT2D eigenvalue weighted by molar-refractivity contribution is -0.141. The molecule has 4 aliphatic rings. The molecule has 1 saturated carbocycles. The van der Waals surface area contributed by atoms with Crippen LogP contribution in [0.5, 0.6) is 11.5 Å². The SMILES string of the molecule is O=CN1CCC23c4c5ccc(O)c4OC2C(=O)CCC3C1C5. The van der Waals surface area contributed by atoms with Crippen LogP contribution in [0.15, 0.2) is 12.1 Å². The Morgan fingerprint density at radius 1 is 1.41 bits per heavy atom. The number of hydrogen-bond acceptors (Lipinski definition) is 4. The van der Waals surface area contributed by atoms with Gasteiger partial charge in [0.15, 0.2) is 23.4 Å². The zero-order chi connectivity index (χ0) is 15.1. The van der Waals surface area contributed by atoms with Crippen molar-refractivity contribution < 1.29 is 19.4 Å². The van der Waals surface area contributed by atoms with Gasteiger partial charge in [-0.25, -0.2) is 0 Å². The average molecular weight is 299 g/mol. The summed E-state index contributed by atoms with van der Waals surface area (Å²) >= 11 is 0. The highest BCUT2D eigenvalue weighted by atomic mass is 16.5. The van der Waals surface area contributed by atoms with Crippen molar-refractivity contribution in [2.45, 2.75) is 43.2 Å². The Balaban J connectivity index is 1.81. The van der Waals surface area contributed by atoms with E-state index in [-0.39, 0.29) is 28.9 Å². The largest absolute Gasteiger partial charge is 0.504 e. The van der Waals surface area contributed by atoms with E-state index in [1.54, 1.807) is 6.07 Å². The maximum Gasteiger partial charge on any atom is 0.209 e. The Hall–Kier alpha value is -2.04. The van der Waals surface area contributed by atoms with E-state index in [1.165, 1.54) is 0 Å². The Bertz CT molecular complexity index is 715. The van der Waals surface area contributed by atoms with Crippen molar-refractivity contribution in [2.24, 2.45) is 5.92 Å². The van der Waals surface area contributed by atoms with Crippen LogP contribution in [-0.2, 0) is 21.4 Å². The molecule has 0 radical (unpaired) electrons. The van der Waals surface area contributed by atoms with E-state index in [0.29, 0.717) is 18.7 Å². The molecule has 5 rings (SSSR count). The first-order valence-corrected chi connectivity index (χ1v) is 7.92. The molecular weight excluding hydrogens is 282 g/mol. The molecule has 4 atom stereocenters. The van der Waals surface area contributed by atoms with E-state index < -0.39 is 6.10 Å². The number of rotatable bonds is 1. The summed E-state index contributed by atoms with van der Waals surface area (Å²) in [6, 6.07) is 3.72. The second kappa shape index (κ2) is 3.83. The summed E-state index contributed by atoms with van der Waals surface area (Å²) in [6.07, 6.45) is 3.31. The molecule has 2 bridgehead atoms. The molecule has 1 aromatic rings. The summed E-state index contributed by atoms with van der Waals surface area (Å²) in [6.45, 7) is 0.659. The predicted octanol–water partition coefficient (Wildman–Crippen LogP) is 1.16. The molecule has 5 nitrogen and oxygen atoms in total. The van der Waals surface area contributed by atoms with Crippen LogP contribution in [0.25, 0.3) is 0 Å². The van der Waals surface area contributed by atoms with Gasteiger partial charge in [0.05, 0.1) is 5.41 Å². The lowest BCUT2D eigenvalue weighted by Gasteiger charge is -2.56. The van der Waals surface area contributed by atoms with Crippen molar-refractivity contribution in [2.75, 3.05) is 6.54 Å². The van der Waals surface area contributed by atoms with Gasteiger partial charge in [0, 0.05) is 24.6 Å². The molecule has 4 unspecified atom stereocenters. The van der Waals surface area contributed by atoms with Gasteiger partial charge < -0.3 is 14.7 Å². The molecule has 5 heteroatoms. The smallest absolute Gasteiger partial charge is 0.209 e. The number of ether oxygens (including phenoxy) is 1. The van der Waals surface area contributed by atoms with E-state index in [9.17, 15) is 14.7 Å². The number of aromatic hydroxyl groups is 1. The van der Waals surface area contributed by atoms with Gasteiger partial charge in [-0.05, 0) is 36.8 Å². The maximum atomic E-state index is 12.5. The van der Waals surface area contributed by atoms with Crippen molar-refractivity contribution in [3.63, 3.8) is 0 Å². The van der Waals surface area contributed by atoms with E-state index in [4.69, 9.17) is 4.74 Å². The summed E-state index contributed by atoms with van der Waals surface area (Å²) in [4.78, 5) is 25.8. The summed E-state index contributed by atoms with van der Waals surface area (Å²) in [7, 11) is 0. The van der Waals surface area contributed by atoms with Gasteiger partial charge in [-0.3, -0.25) is 9.59 Å². The molecule has 1 saturated heterocycles. The molecule has 2 fully saturated rings. The number of phenolic OH excluding ortho intramolecular Hbond substituents is 1. The zero-order valence-electron chi connectivity index (χ0n) is 12.1. The summed E-state index contributed by atoms with van der Waals surface area (Å²) in [5.41, 5.74) is 1.84. The number of carbonyl (C=O) groups excluding carboxylic acids is 2. The van der Waals surface area contributed by atoms with Gasteiger partial charge in [0.1, 0.15) is 0 Å². The van der Waals surface area contributed by atoms with E-state index in [1.807, 2.05) is 11.0 Å². The highest BCUT2D eigenvalue weighted by Crippen LogP contribution is 2.62. The standard InChI is InChI=1S/C17H17NO4/c19-8-18-6-5-17-10-2-4-13(21)16(17)22-15-12(20)3-1-9(14(15)17)7-11(10)18/h1,3,8,10-11,16,20H,2,4-7H2. The summed E-state index contributed by atoms with van der Waals surface area (Å²) < 4.78 is 5.98. The van der Waals surface area contributed by atoms with E-state index in [0.717, 1.165) is 36.8 Å². The zero-order valence-corrected chi connectivity index (χ0v) is 12.1. The van der Waals surface area contributed by atoms with Crippen LogP contribution in [0.3, 0.4) is 0 Å². The third-order valence-corrected chi connectivity index (χ3v) is 6.29. The highest BCUT2D eigenvalue weighted by molar-refractivity contribution is 5.89. The van der Waals surface area contributed by atoms with Crippen molar-refractivity contribution in [1.82, 2.24) is 4.90 Å². The van der Waals surface area contributed by atoms with Crippen LogP contribution in [0.1, 0.15) is 30.4 Å². The first-order chi connectivity index (χ1) is 10.7. The maximum absolute atomic E-state index is 12.5. The topological polar surface area (TPSA) is 66.8 Å². The molecule has 2 aliphatic heterocycles. The van der Waals surface area contributed by atoms with Crippen LogP contribution >= 0.6 is 0 Å². The van der Waals surface area contributed by atoms with Crippen LogP contribution in [0.2, 0.25) is 0 Å². The fraction of sp³-hybridized carbons (Fsp3) is 0.529. The third-order valence-electron chi connectivity index (χ3n) is 6.29. The first kappa shape index (κ1) is 12.5. The summed E-state index contributed by atoms with van der Waals surface area (Å²) in [5, 5.41) is 10.2. The van der Waals surface area contributed by atoms with Gasteiger partial charge in [-0.1, -0.05) is 6.07 Å². The third kappa shape index (κ3) is 1.19. The minimum atomic E-state index is -0.482. The number of piperidine rings is 1. The number of nitrogens with zero attached hydrogens (tertiary/aromatic N) is 1. The number of ketones is 1. The average Bonchev–Trinajstić information content (AvgIpc) is 2.87. The van der Waals surface area contributed by atoms with E-state index >= 15 is 0 Å². The number of phenols is 1. The monoisotopic (exact) mass is 299 g/mol.